The number of carboxylic acid groups (broad SMARTS) is 1. The van der Waals surface area contributed by atoms with Crippen LogP contribution in [0.25, 0.3) is 10.9 Å². The zero-order chi connectivity index (χ0) is 26.1. The van der Waals surface area contributed by atoms with Crippen molar-refractivity contribution in [1.29, 1.82) is 0 Å². The van der Waals surface area contributed by atoms with Gasteiger partial charge in [0.15, 0.2) is 0 Å². The maximum absolute atomic E-state index is 12.0. The number of carboxylic acids is 1. The summed E-state index contributed by atoms with van der Waals surface area (Å²) in [5, 5.41) is 13.6. The van der Waals surface area contributed by atoms with Crippen LogP contribution in [0.5, 0.6) is 5.75 Å². The first-order valence-corrected chi connectivity index (χ1v) is 13.9. The van der Waals surface area contributed by atoms with Gasteiger partial charge in [-0.25, -0.2) is 4.98 Å². The van der Waals surface area contributed by atoms with Crippen LogP contribution in [0.1, 0.15) is 57.1 Å². The van der Waals surface area contributed by atoms with E-state index < -0.39 is 11.4 Å². The summed E-state index contributed by atoms with van der Waals surface area (Å²) in [7, 11) is 0. The van der Waals surface area contributed by atoms with Crippen molar-refractivity contribution in [3.8, 4) is 5.75 Å². The average molecular weight is 543 g/mol. The minimum atomic E-state index is -0.908. The van der Waals surface area contributed by atoms with E-state index in [0.717, 1.165) is 44.1 Å². The number of aliphatic carboxylic acids is 1. The van der Waals surface area contributed by atoms with Crippen molar-refractivity contribution in [1.82, 2.24) is 9.97 Å². The lowest BCUT2D eigenvalue weighted by atomic mass is 9.88. The van der Waals surface area contributed by atoms with Crippen molar-refractivity contribution < 1.29 is 14.6 Å². The van der Waals surface area contributed by atoms with Gasteiger partial charge in [0.25, 0.3) is 0 Å². The molecular formula is C28H31ClN2O3S2. The zero-order valence-corrected chi connectivity index (χ0v) is 23.5. The molecule has 2 aromatic heterocycles. The quantitative estimate of drug-likeness (QED) is 0.210. The van der Waals surface area contributed by atoms with Crippen LogP contribution < -0.4 is 4.74 Å². The van der Waals surface area contributed by atoms with Crippen LogP contribution in [0.4, 0.5) is 0 Å². The number of fused-ring (bicyclic) bond motifs is 1. The Morgan fingerprint density at radius 3 is 2.47 bits per heavy atom. The lowest BCUT2D eigenvalue weighted by Gasteiger charge is -2.23. The first-order valence-electron chi connectivity index (χ1n) is 11.8. The van der Waals surface area contributed by atoms with E-state index in [1.807, 2.05) is 41.8 Å². The van der Waals surface area contributed by atoms with Crippen LogP contribution in [0.2, 0.25) is 5.02 Å². The standard InChI is InChI=1S/C28H31ClN2O3S2/c1-27(2,3)36-25-22(13-28(4,5)26(32)33)31-21-10-11-23(34-14-19-15-35-16-30-19)20(24(21)25)12-17-6-8-18(29)9-7-17/h6-11,15-16,31H,12-14H2,1-5H3,(H,32,33). The van der Waals surface area contributed by atoms with E-state index in [-0.39, 0.29) is 4.75 Å². The van der Waals surface area contributed by atoms with Crippen LogP contribution in [-0.4, -0.2) is 25.8 Å². The Morgan fingerprint density at radius 2 is 1.86 bits per heavy atom. The molecule has 0 atom stereocenters. The van der Waals surface area contributed by atoms with Crippen molar-refractivity contribution in [3.63, 3.8) is 0 Å². The summed E-state index contributed by atoms with van der Waals surface area (Å²) in [6.45, 7) is 10.4. The fourth-order valence-corrected chi connectivity index (χ4v) is 5.86. The Kier molecular flexibility index (Phi) is 7.74. The van der Waals surface area contributed by atoms with Crippen molar-refractivity contribution in [2.75, 3.05) is 0 Å². The molecule has 0 fully saturated rings. The van der Waals surface area contributed by atoms with Gasteiger partial charge in [0, 0.05) is 55.0 Å². The van der Waals surface area contributed by atoms with Crippen molar-refractivity contribution in [2.45, 2.75) is 63.7 Å². The number of benzene rings is 2. The number of carbonyl (C=O) groups is 1. The van der Waals surface area contributed by atoms with E-state index in [9.17, 15) is 9.90 Å². The summed E-state index contributed by atoms with van der Waals surface area (Å²) < 4.78 is 6.24. The molecule has 4 rings (SSSR count). The lowest BCUT2D eigenvalue weighted by molar-refractivity contribution is -0.146. The monoisotopic (exact) mass is 542 g/mol. The fraction of sp³-hybridized carbons (Fsp3) is 0.357. The number of H-pyrrole nitrogens is 1. The van der Waals surface area contributed by atoms with E-state index in [2.05, 4.69) is 30.7 Å². The molecular weight excluding hydrogens is 512 g/mol. The van der Waals surface area contributed by atoms with Crippen LogP contribution in [0.15, 0.2) is 52.2 Å². The van der Waals surface area contributed by atoms with Gasteiger partial charge in [-0.15, -0.1) is 23.1 Å². The molecule has 8 heteroatoms. The molecule has 0 unspecified atom stereocenters. The maximum atomic E-state index is 12.0. The van der Waals surface area contributed by atoms with E-state index in [4.69, 9.17) is 16.3 Å². The number of hydrogen-bond donors (Lipinski definition) is 2. The largest absolute Gasteiger partial charge is 0.487 e. The highest BCUT2D eigenvalue weighted by Gasteiger charge is 2.32. The molecule has 0 aliphatic rings. The van der Waals surface area contributed by atoms with Gasteiger partial charge in [-0.05, 0) is 43.7 Å². The first kappa shape index (κ1) is 26.6. The highest BCUT2D eigenvalue weighted by atomic mass is 35.5. The van der Waals surface area contributed by atoms with Crippen molar-refractivity contribution in [2.24, 2.45) is 5.41 Å². The predicted molar refractivity (Wildman–Crippen MR) is 150 cm³/mol. The van der Waals surface area contributed by atoms with Gasteiger partial charge < -0.3 is 14.8 Å². The molecule has 190 valence electrons. The summed E-state index contributed by atoms with van der Waals surface area (Å²) in [5.41, 5.74) is 5.87. The number of nitrogens with one attached hydrogen (secondary N) is 1. The Morgan fingerprint density at radius 1 is 1.14 bits per heavy atom. The average Bonchev–Trinajstić information content (AvgIpc) is 3.42. The van der Waals surface area contributed by atoms with E-state index in [1.165, 1.54) is 0 Å². The number of aromatic nitrogens is 2. The summed E-state index contributed by atoms with van der Waals surface area (Å²) in [6, 6.07) is 11.9. The second-order valence-corrected chi connectivity index (χ2v) is 13.5. The molecule has 2 heterocycles. The Bertz CT molecular complexity index is 1350. The van der Waals surface area contributed by atoms with Gasteiger partial charge in [0.2, 0.25) is 0 Å². The van der Waals surface area contributed by atoms with Gasteiger partial charge in [0.05, 0.1) is 16.6 Å². The molecule has 0 spiro atoms. The van der Waals surface area contributed by atoms with Crippen molar-refractivity contribution >= 4 is 51.6 Å². The van der Waals surface area contributed by atoms with Crippen LogP contribution in [0.3, 0.4) is 0 Å². The summed E-state index contributed by atoms with van der Waals surface area (Å²) >= 11 is 9.45. The van der Waals surface area contributed by atoms with Gasteiger partial charge in [0.1, 0.15) is 12.4 Å². The third-order valence-electron chi connectivity index (χ3n) is 5.82. The molecule has 0 saturated heterocycles. The molecule has 2 aromatic carbocycles. The maximum Gasteiger partial charge on any atom is 0.309 e. The smallest absolute Gasteiger partial charge is 0.309 e. The highest BCUT2D eigenvalue weighted by molar-refractivity contribution is 8.00. The Balaban J connectivity index is 1.89. The normalized spacial score (nSPS) is 12.3. The minimum absolute atomic E-state index is 0.0771. The SMILES string of the molecule is CC(C)(C)Sc1c(CC(C)(C)C(=O)O)[nH]c2ccc(OCc3cscn3)c(Cc3ccc(Cl)cc3)c12. The molecule has 0 aliphatic heterocycles. The third kappa shape index (κ3) is 6.25. The topological polar surface area (TPSA) is 75.2 Å². The number of thiazole rings is 1. The number of rotatable bonds is 9. The van der Waals surface area contributed by atoms with Gasteiger partial charge in [-0.2, -0.15) is 0 Å². The highest BCUT2D eigenvalue weighted by Crippen LogP contribution is 2.45. The van der Waals surface area contributed by atoms with E-state index in [0.29, 0.717) is 24.5 Å². The molecule has 0 saturated carbocycles. The number of nitrogens with zero attached hydrogens (tertiary/aromatic N) is 1. The van der Waals surface area contributed by atoms with E-state index in [1.54, 1.807) is 42.5 Å². The Hall–Kier alpha value is -2.48. The fourth-order valence-electron chi connectivity index (χ4n) is 4.00. The number of aromatic amines is 1. The van der Waals surface area contributed by atoms with Crippen LogP contribution >= 0.6 is 34.7 Å². The molecule has 0 amide bonds. The summed E-state index contributed by atoms with van der Waals surface area (Å²) in [6.07, 6.45) is 1.04. The predicted octanol–water partition coefficient (Wildman–Crippen LogP) is 7.99. The number of halogens is 1. The lowest BCUT2D eigenvalue weighted by Crippen LogP contribution is -2.26. The third-order valence-corrected chi connectivity index (χ3v) is 7.97. The molecule has 0 radical (unpaired) electrons. The number of hydrogen-bond acceptors (Lipinski definition) is 5. The second-order valence-electron chi connectivity index (χ2n) is 10.5. The molecule has 5 nitrogen and oxygen atoms in total. The molecule has 2 N–H and O–H groups in total. The van der Waals surface area contributed by atoms with Gasteiger partial charge in [-0.3, -0.25) is 4.79 Å². The second kappa shape index (κ2) is 10.5. The molecule has 4 aromatic rings. The van der Waals surface area contributed by atoms with E-state index >= 15 is 0 Å². The zero-order valence-electron chi connectivity index (χ0n) is 21.1. The first-order chi connectivity index (χ1) is 16.9. The van der Waals surface area contributed by atoms with Gasteiger partial charge in [-0.1, -0.05) is 44.5 Å². The summed E-state index contributed by atoms with van der Waals surface area (Å²) in [4.78, 5) is 21.0. The number of thioether (sulfide) groups is 1. The molecule has 0 bridgehead atoms. The Labute approximate surface area is 225 Å². The van der Waals surface area contributed by atoms with Crippen LogP contribution in [0, 0.1) is 5.41 Å². The molecule has 36 heavy (non-hydrogen) atoms. The summed E-state index contributed by atoms with van der Waals surface area (Å²) in [5.74, 6) is -0.0224. The number of ether oxygens (including phenoxy) is 1. The van der Waals surface area contributed by atoms with Gasteiger partial charge >= 0.3 is 5.97 Å². The minimum Gasteiger partial charge on any atom is -0.487 e. The van der Waals surface area contributed by atoms with Crippen molar-refractivity contribution in [3.05, 3.63) is 74.8 Å². The molecule has 0 aliphatic carbocycles. The van der Waals surface area contributed by atoms with Crippen LogP contribution in [-0.2, 0) is 24.2 Å².